The molecule has 166 valence electrons. The number of carbonyl (C=O) groups is 2. The van der Waals surface area contributed by atoms with Crippen LogP contribution in [0.15, 0.2) is 22.0 Å². The van der Waals surface area contributed by atoms with Crippen LogP contribution in [0, 0.1) is 5.82 Å². The maximum absolute atomic E-state index is 14.8. The van der Waals surface area contributed by atoms with Crippen LogP contribution in [0.2, 0.25) is 0 Å². The zero-order valence-corrected chi connectivity index (χ0v) is 19.1. The van der Waals surface area contributed by atoms with Crippen molar-refractivity contribution in [3.05, 3.63) is 28.4 Å². The van der Waals surface area contributed by atoms with Gasteiger partial charge in [-0.15, -0.1) is 0 Å². The molecule has 0 unspecified atom stereocenters. The number of allylic oxidation sites excluding steroid dienone is 1. The molecule has 0 spiro atoms. The molecular formula is C19H22FN5O4S2. The first-order valence-electron chi connectivity index (χ1n) is 9.20. The summed E-state index contributed by atoms with van der Waals surface area (Å²) in [6.07, 6.45) is 0. The highest BCUT2D eigenvalue weighted by Crippen LogP contribution is 2.39. The van der Waals surface area contributed by atoms with Gasteiger partial charge < -0.3 is 19.8 Å². The Morgan fingerprint density at radius 2 is 2.16 bits per heavy atom. The number of amidine groups is 1. The molecule has 12 heteroatoms. The summed E-state index contributed by atoms with van der Waals surface area (Å²) in [5.74, 6) is -0.615. The monoisotopic (exact) mass is 467 g/mol. The van der Waals surface area contributed by atoms with Gasteiger partial charge in [-0.1, -0.05) is 24.0 Å². The van der Waals surface area contributed by atoms with E-state index < -0.39 is 5.82 Å². The smallest absolute Gasteiger partial charge is 0.266 e. The second kappa shape index (κ2) is 9.62. The molecule has 0 saturated carbocycles. The summed E-state index contributed by atoms with van der Waals surface area (Å²) in [6.45, 7) is 2.00. The summed E-state index contributed by atoms with van der Waals surface area (Å²) < 4.78 is 26.0. The lowest BCUT2D eigenvalue weighted by Crippen LogP contribution is -2.38. The fourth-order valence-corrected chi connectivity index (χ4v) is 4.09. The fraction of sp³-hybridized carbons (Fsp3) is 0.368. The number of nitrogens with zero attached hydrogens (tertiary/aromatic N) is 3. The number of amides is 2. The van der Waals surface area contributed by atoms with Crippen LogP contribution in [0.5, 0.6) is 11.5 Å². The van der Waals surface area contributed by atoms with Crippen LogP contribution in [0.4, 0.5) is 4.39 Å². The zero-order valence-electron chi connectivity index (χ0n) is 17.4. The number of benzene rings is 1. The Hall–Kier alpha value is -2.70. The summed E-state index contributed by atoms with van der Waals surface area (Å²) in [5.41, 5.74) is 6.57. The number of carbonyl (C=O) groups excluding carboxylic acids is 2. The van der Waals surface area contributed by atoms with E-state index in [9.17, 15) is 14.0 Å². The van der Waals surface area contributed by atoms with Crippen LogP contribution in [0.1, 0.15) is 12.5 Å². The molecule has 1 saturated heterocycles. The van der Waals surface area contributed by atoms with Crippen molar-refractivity contribution in [2.75, 3.05) is 41.0 Å². The number of nitrogens with one attached hydrogen (secondary N) is 2. The number of hydrogen-bond acceptors (Lipinski definition) is 9. The minimum Gasteiger partial charge on any atom is -0.493 e. The molecule has 3 rings (SSSR count). The number of ether oxygens (including phenoxy) is 2. The highest BCUT2D eigenvalue weighted by Gasteiger charge is 2.35. The number of likely N-dealkylation sites (N-methyl/N-ethyl adjacent to an activating group) is 1. The summed E-state index contributed by atoms with van der Waals surface area (Å²) in [5, 5.41) is 0. The molecule has 2 aliphatic heterocycles. The highest BCUT2D eigenvalue weighted by atomic mass is 32.2. The van der Waals surface area contributed by atoms with Crippen molar-refractivity contribution in [1.29, 1.82) is 0 Å². The second-order valence-corrected chi connectivity index (χ2v) is 8.49. The summed E-state index contributed by atoms with van der Waals surface area (Å²) in [4.78, 5) is 31.9. The molecule has 0 aliphatic carbocycles. The average molecular weight is 468 g/mol. The van der Waals surface area contributed by atoms with Crippen molar-refractivity contribution in [2.24, 2.45) is 4.99 Å². The maximum atomic E-state index is 14.8. The van der Waals surface area contributed by atoms with Crippen LogP contribution >= 0.6 is 24.0 Å². The third-order valence-electron chi connectivity index (χ3n) is 4.58. The van der Waals surface area contributed by atoms with Gasteiger partial charge >= 0.3 is 0 Å². The number of hydrogen-bond donors (Lipinski definition) is 2. The Balaban J connectivity index is 1.86. The van der Waals surface area contributed by atoms with Crippen LogP contribution in [-0.2, 0) is 9.59 Å². The predicted octanol–water partition coefficient (Wildman–Crippen LogP) is 1.36. The number of methoxy groups -OCH3 is 1. The molecule has 0 bridgehead atoms. The van der Waals surface area contributed by atoms with Crippen molar-refractivity contribution in [1.82, 2.24) is 20.7 Å². The van der Waals surface area contributed by atoms with Crippen LogP contribution in [-0.4, -0.2) is 72.8 Å². The van der Waals surface area contributed by atoms with E-state index in [1.807, 2.05) is 0 Å². The minimum atomic E-state index is -0.640. The molecule has 2 aliphatic rings. The zero-order chi connectivity index (χ0) is 22.7. The first-order valence-corrected chi connectivity index (χ1v) is 10.4. The van der Waals surface area contributed by atoms with E-state index in [0.29, 0.717) is 28.5 Å². The van der Waals surface area contributed by atoms with E-state index >= 15 is 0 Å². The van der Waals surface area contributed by atoms with Gasteiger partial charge in [0.2, 0.25) is 5.91 Å². The molecule has 9 nitrogen and oxygen atoms in total. The minimum absolute atomic E-state index is 0.0389. The molecular weight excluding hydrogens is 445 g/mol. The van der Waals surface area contributed by atoms with Gasteiger partial charge in [0.1, 0.15) is 24.1 Å². The number of aliphatic imine (C=N–C) groups is 1. The molecule has 0 atom stereocenters. The van der Waals surface area contributed by atoms with E-state index in [1.165, 1.54) is 23.0 Å². The van der Waals surface area contributed by atoms with Gasteiger partial charge in [0.15, 0.2) is 23.2 Å². The molecule has 0 aromatic heterocycles. The Kier molecular flexibility index (Phi) is 7.13. The van der Waals surface area contributed by atoms with E-state index in [-0.39, 0.29) is 40.8 Å². The van der Waals surface area contributed by atoms with E-state index in [0.717, 1.165) is 11.8 Å². The normalized spacial score (nSPS) is 17.5. The first-order chi connectivity index (χ1) is 14.7. The lowest BCUT2D eigenvalue weighted by Gasteiger charge is -2.17. The number of thioether (sulfide) groups is 1. The van der Waals surface area contributed by atoms with Crippen molar-refractivity contribution < 1.29 is 23.5 Å². The molecule has 1 aromatic carbocycles. The number of halogens is 1. The molecule has 2 N–H and O–H groups in total. The summed E-state index contributed by atoms with van der Waals surface area (Å²) in [6, 6.07) is 2.86. The van der Waals surface area contributed by atoms with Gasteiger partial charge in [-0.25, -0.2) is 9.82 Å². The quantitative estimate of drug-likeness (QED) is 0.459. The van der Waals surface area contributed by atoms with E-state index in [2.05, 4.69) is 15.8 Å². The predicted molar refractivity (Wildman–Crippen MR) is 120 cm³/mol. The Morgan fingerprint density at radius 3 is 2.77 bits per heavy atom. The van der Waals surface area contributed by atoms with Gasteiger partial charge in [0.25, 0.3) is 5.91 Å². The van der Waals surface area contributed by atoms with E-state index in [4.69, 9.17) is 21.7 Å². The Morgan fingerprint density at radius 1 is 1.42 bits per heavy atom. The highest BCUT2D eigenvalue weighted by molar-refractivity contribution is 8.26. The van der Waals surface area contributed by atoms with Crippen molar-refractivity contribution >= 4 is 51.5 Å². The molecule has 0 radical (unpaired) electrons. The van der Waals surface area contributed by atoms with Crippen LogP contribution in [0.25, 0.3) is 5.57 Å². The Bertz CT molecular complexity index is 996. The van der Waals surface area contributed by atoms with Crippen LogP contribution in [0.3, 0.4) is 0 Å². The molecule has 2 amide bonds. The molecule has 2 heterocycles. The fourth-order valence-electron chi connectivity index (χ4n) is 2.79. The maximum Gasteiger partial charge on any atom is 0.266 e. The number of thiocarbonyl (C=S) groups is 1. The first kappa shape index (κ1) is 23.0. The summed E-state index contributed by atoms with van der Waals surface area (Å²) >= 11 is 6.35. The third-order valence-corrected chi connectivity index (χ3v) is 6.13. The van der Waals surface area contributed by atoms with Gasteiger partial charge in [-0.3, -0.25) is 19.5 Å². The van der Waals surface area contributed by atoms with Gasteiger partial charge in [-0.2, -0.15) is 0 Å². The lowest BCUT2D eigenvalue weighted by atomic mass is 10.1. The average Bonchev–Trinajstić information content (AvgIpc) is 3.35. The van der Waals surface area contributed by atoms with Gasteiger partial charge in [-0.05, 0) is 30.2 Å². The van der Waals surface area contributed by atoms with Gasteiger partial charge in [0, 0.05) is 14.1 Å². The van der Waals surface area contributed by atoms with Gasteiger partial charge in [0.05, 0.1) is 12.0 Å². The lowest BCUT2D eigenvalue weighted by molar-refractivity contribution is -0.133. The number of rotatable bonds is 7. The van der Waals surface area contributed by atoms with Crippen LogP contribution < -0.4 is 20.3 Å². The Labute approximate surface area is 188 Å². The topological polar surface area (TPSA) is 95.5 Å². The van der Waals surface area contributed by atoms with Crippen molar-refractivity contribution in [3.63, 3.8) is 0 Å². The largest absolute Gasteiger partial charge is 0.493 e. The SMILES string of the molecule is COc1cc(/C(C)=C2\SC(=S)N(CC(=O)N(C)C)C2=O)cc(F)c1OCC1=NCNN1. The van der Waals surface area contributed by atoms with Crippen molar-refractivity contribution in [2.45, 2.75) is 6.92 Å². The van der Waals surface area contributed by atoms with Crippen molar-refractivity contribution in [3.8, 4) is 11.5 Å². The number of hydrazine groups is 1. The standard InChI is InChI=1S/C19H22FN5O4S2/c1-10(17-18(27)25(19(30)31-17)7-15(26)24(2)3)11-5-12(20)16(13(6-11)28-4)29-8-14-21-9-22-23-14/h5-6,22H,7-9H2,1-4H3,(H,21,23)/b17-10-. The molecule has 1 fully saturated rings. The third kappa shape index (κ3) is 4.97. The molecule has 31 heavy (non-hydrogen) atoms. The second-order valence-electron chi connectivity index (χ2n) is 6.84. The van der Waals surface area contributed by atoms with E-state index in [1.54, 1.807) is 27.1 Å². The molecule has 1 aromatic rings. The summed E-state index contributed by atoms with van der Waals surface area (Å²) in [7, 11) is 4.61.